The van der Waals surface area contributed by atoms with E-state index in [0.717, 1.165) is 19.0 Å². The second-order valence-corrected chi connectivity index (χ2v) is 3.53. The predicted molar refractivity (Wildman–Crippen MR) is 50.6 cm³/mol. The first-order chi connectivity index (χ1) is 5.97. The summed E-state index contributed by atoms with van der Waals surface area (Å²) in [5.74, 6) is 0.774. The third kappa shape index (κ3) is 1.76. The molecule has 1 aliphatic carbocycles. The van der Waals surface area contributed by atoms with Crippen molar-refractivity contribution < 1.29 is 0 Å². The van der Waals surface area contributed by atoms with Crippen LogP contribution in [0.5, 0.6) is 0 Å². The van der Waals surface area contributed by atoms with Crippen LogP contribution in [0.25, 0.3) is 0 Å². The minimum Gasteiger partial charge on any atom is -0.257 e. The van der Waals surface area contributed by atoms with E-state index in [1.807, 2.05) is 0 Å². The van der Waals surface area contributed by atoms with Crippen LogP contribution < -0.4 is 10.9 Å². The van der Waals surface area contributed by atoms with Crippen molar-refractivity contribution in [3.63, 3.8) is 0 Å². The summed E-state index contributed by atoms with van der Waals surface area (Å²) in [7, 11) is 0. The zero-order chi connectivity index (χ0) is 8.23. The Bertz CT molecular complexity index is 206. The fourth-order valence-electron chi connectivity index (χ4n) is 1.89. The summed E-state index contributed by atoms with van der Waals surface area (Å²) in [6.45, 7) is 2.11. The molecule has 0 aromatic rings. The number of rotatable bonds is 0. The molecule has 12 heavy (non-hydrogen) atoms. The van der Waals surface area contributed by atoms with Crippen LogP contribution in [0, 0.1) is 5.92 Å². The van der Waals surface area contributed by atoms with Crippen molar-refractivity contribution in [1.29, 1.82) is 0 Å². The third-order valence-electron chi connectivity index (χ3n) is 2.66. The van der Waals surface area contributed by atoms with Crippen LogP contribution in [0.2, 0.25) is 0 Å². The van der Waals surface area contributed by atoms with E-state index in [1.54, 1.807) is 5.57 Å². The summed E-state index contributed by atoms with van der Waals surface area (Å²) in [4.78, 5) is 0. The van der Waals surface area contributed by atoms with Gasteiger partial charge < -0.3 is 0 Å². The number of fused-ring (bicyclic) bond motifs is 1. The molecule has 0 saturated carbocycles. The van der Waals surface area contributed by atoms with Crippen LogP contribution in [0.1, 0.15) is 19.3 Å². The third-order valence-corrected chi connectivity index (χ3v) is 2.66. The van der Waals surface area contributed by atoms with Gasteiger partial charge >= 0.3 is 0 Å². The van der Waals surface area contributed by atoms with Crippen molar-refractivity contribution in [2.45, 2.75) is 19.3 Å². The Hall–Kier alpha value is -0.600. The maximum absolute atomic E-state index is 3.22. The molecule has 0 amide bonds. The molecular weight excluding hydrogens is 148 g/mol. The fraction of sp³-hybridized carbons (Fsp3) is 0.600. The van der Waals surface area contributed by atoms with E-state index in [4.69, 9.17) is 0 Å². The molecule has 2 nitrogen and oxygen atoms in total. The molecule has 1 heterocycles. The molecule has 2 heteroatoms. The highest BCUT2D eigenvalue weighted by Gasteiger charge is 2.17. The van der Waals surface area contributed by atoms with E-state index in [2.05, 4.69) is 29.1 Å². The van der Waals surface area contributed by atoms with Gasteiger partial charge in [-0.05, 0) is 25.2 Å². The second-order valence-electron chi connectivity index (χ2n) is 3.53. The zero-order valence-electron chi connectivity index (χ0n) is 7.34. The number of hydrogen-bond donors (Lipinski definition) is 2. The lowest BCUT2D eigenvalue weighted by molar-refractivity contribution is 0.389. The summed E-state index contributed by atoms with van der Waals surface area (Å²) in [6, 6.07) is 0. The lowest BCUT2D eigenvalue weighted by Gasteiger charge is -2.27. The first-order valence-corrected chi connectivity index (χ1v) is 4.78. The van der Waals surface area contributed by atoms with E-state index in [-0.39, 0.29) is 0 Å². The fourth-order valence-corrected chi connectivity index (χ4v) is 1.89. The van der Waals surface area contributed by atoms with Crippen molar-refractivity contribution in [2.75, 3.05) is 13.1 Å². The molecule has 1 saturated heterocycles. The van der Waals surface area contributed by atoms with Gasteiger partial charge in [-0.1, -0.05) is 23.8 Å². The maximum Gasteiger partial charge on any atom is 0.0316 e. The SMILES string of the molecule is C1=CCCCC2CNNCC2=C1. The van der Waals surface area contributed by atoms with Crippen LogP contribution in [0.4, 0.5) is 0 Å². The van der Waals surface area contributed by atoms with E-state index < -0.39 is 0 Å². The average Bonchev–Trinajstić information content (AvgIpc) is 2.06. The Kier molecular flexibility index (Phi) is 2.59. The topological polar surface area (TPSA) is 24.1 Å². The molecule has 2 N–H and O–H groups in total. The molecule has 0 aromatic heterocycles. The van der Waals surface area contributed by atoms with Gasteiger partial charge in [0, 0.05) is 13.1 Å². The van der Waals surface area contributed by atoms with Gasteiger partial charge in [0.1, 0.15) is 0 Å². The Morgan fingerprint density at radius 3 is 3.33 bits per heavy atom. The minimum atomic E-state index is 0.774. The molecule has 1 unspecified atom stereocenters. The highest BCUT2D eigenvalue weighted by atomic mass is 15.4. The lowest BCUT2D eigenvalue weighted by Crippen LogP contribution is -2.44. The molecule has 0 radical (unpaired) electrons. The normalized spacial score (nSPS) is 30.0. The Labute approximate surface area is 73.7 Å². The highest BCUT2D eigenvalue weighted by molar-refractivity contribution is 5.19. The lowest BCUT2D eigenvalue weighted by atomic mass is 9.90. The van der Waals surface area contributed by atoms with Gasteiger partial charge in [-0.3, -0.25) is 10.9 Å². The predicted octanol–water partition coefficient (Wildman–Crippen LogP) is 1.38. The number of hydrogen-bond acceptors (Lipinski definition) is 2. The van der Waals surface area contributed by atoms with Gasteiger partial charge in [0.2, 0.25) is 0 Å². The van der Waals surface area contributed by atoms with E-state index >= 15 is 0 Å². The molecule has 1 aliphatic heterocycles. The molecular formula is C10H16N2. The van der Waals surface area contributed by atoms with Gasteiger partial charge in [-0.2, -0.15) is 0 Å². The van der Waals surface area contributed by atoms with E-state index in [9.17, 15) is 0 Å². The first kappa shape index (κ1) is 8.02. The van der Waals surface area contributed by atoms with Crippen molar-refractivity contribution >= 4 is 0 Å². The number of hydrazine groups is 1. The number of nitrogens with one attached hydrogen (secondary N) is 2. The van der Waals surface area contributed by atoms with E-state index in [0.29, 0.717) is 0 Å². The summed E-state index contributed by atoms with van der Waals surface area (Å²) >= 11 is 0. The van der Waals surface area contributed by atoms with Crippen molar-refractivity contribution in [3.8, 4) is 0 Å². The van der Waals surface area contributed by atoms with Crippen LogP contribution in [-0.2, 0) is 0 Å². The van der Waals surface area contributed by atoms with Crippen LogP contribution >= 0.6 is 0 Å². The first-order valence-electron chi connectivity index (χ1n) is 4.78. The largest absolute Gasteiger partial charge is 0.257 e. The van der Waals surface area contributed by atoms with Gasteiger partial charge in [-0.15, -0.1) is 0 Å². The van der Waals surface area contributed by atoms with Crippen LogP contribution in [-0.4, -0.2) is 13.1 Å². The Balaban J connectivity index is 2.11. The number of allylic oxidation sites excluding steroid dienone is 3. The van der Waals surface area contributed by atoms with Crippen molar-refractivity contribution in [2.24, 2.45) is 5.92 Å². The molecule has 0 bridgehead atoms. The van der Waals surface area contributed by atoms with Crippen LogP contribution in [0.3, 0.4) is 0 Å². The van der Waals surface area contributed by atoms with Crippen LogP contribution in [0.15, 0.2) is 23.8 Å². The molecule has 0 aromatic carbocycles. The molecule has 1 fully saturated rings. The van der Waals surface area contributed by atoms with E-state index in [1.165, 1.54) is 19.3 Å². The summed E-state index contributed by atoms with van der Waals surface area (Å²) in [6.07, 6.45) is 10.7. The molecule has 0 spiro atoms. The van der Waals surface area contributed by atoms with Gasteiger partial charge in [0.15, 0.2) is 0 Å². The van der Waals surface area contributed by atoms with Crippen molar-refractivity contribution in [3.05, 3.63) is 23.8 Å². The highest BCUT2D eigenvalue weighted by Crippen LogP contribution is 2.21. The van der Waals surface area contributed by atoms with Crippen molar-refractivity contribution in [1.82, 2.24) is 10.9 Å². The van der Waals surface area contributed by atoms with Gasteiger partial charge in [-0.25, -0.2) is 0 Å². The smallest absolute Gasteiger partial charge is 0.0316 e. The summed E-state index contributed by atoms with van der Waals surface area (Å²) < 4.78 is 0. The summed E-state index contributed by atoms with van der Waals surface area (Å²) in [5, 5.41) is 0. The maximum atomic E-state index is 3.22. The Morgan fingerprint density at radius 2 is 2.33 bits per heavy atom. The summed E-state index contributed by atoms with van der Waals surface area (Å²) in [5.41, 5.74) is 7.96. The minimum absolute atomic E-state index is 0.774. The van der Waals surface area contributed by atoms with Gasteiger partial charge in [0.25, 0.3) is 0 Å². The Morgan fingerprint density at radius 1 is 1.33 bits per heavy atom. The quantitative estimate of drug-likeness (QED) is 0.565. The molecule has 66 valence electrons. The van der Waals surface area contributed by atoms with Gasteiger partial charge in [0.05, 0.1) is 0 Å². The standard InChI is InChI=1S/C10H16N2/c1-2-4-6-10-8-12-11-7-9(10)5-3-1/h1,3,5,10-12H,2,4,6-8H2. The zero-order valence-corrected chi connectivity index (χ0v) is 7.34. The monoisotopic (exact) mass is 164 g/mol. The molecule has 2 aliphatic rings. The average molecular weight is 164 g/mol. The second kappa shape index (κ2) is 3.87. The molecule has 2 rings (SSSR count). The molecule has 1 atom stereocenters.